The van der Waals surface area contributed by atoms with E-state index in [-0.39, 0.29) is 16.4 Å². The van der Waals surface area contributed by atoms with E-state index in [2.05, 4.69) is 4.72 Å². The van der Waals surface area contributed by atoms with Gasteiger partial charge in [-0.1, -0.05) is 20.3 Å². The molecule has 0 radical (unpaired) electrons. The third-order valence-corrected chi connectivity index (χ3v) is 5.54. The minimum atomic E-state index is -3.90. The van der Waals surface area contributed by atoms with Gasteiger partial charge in [0.05, 0.1) is 4.90 Å². The standard InChI is InChI=1S/C16H23NO5S/c1-5-10(2)14(15(18)19)17-23(20,21)12-6-7-13-11(8-12)9-16(3,4)22-13/h6-8,10,14,17H,5,9H2,1-4H3,(H,18,19)/t10-,14-/m0/s1. The van der Waals surface area contributed by atoms with Crippen LogP contribution in [-0.2, 0) is 21.2 Å². The third-order valence-electron chi connectivity index (χ3n) is 4.11. The van der Waals surface area contributed by atoms with Gasteiger partial charge in [0.1, 0.15) is 17.4 Å². The predicted molar refractivity (Wildman–Crippen MR) is 86.1 cm³/mol. The maximum absolute atomic E-state index is 12.5. The summed E-state index contributed by atoms with van der Waals surface area (Å²) in [5, 5.41) is 9.26. The van der Waals surface area contributed by atoms with Crippen LogP contribution in [0.4, 0.5) is 0 Å². The van der Waals surface area contributed by atoms with Crippen LogP contribution in [0.1, 0.15) is 39.7 Å². The fraction of sp³-hybridized carbons (Fsp3) is 0.562. The van der Waals surface area contributed by atoms with E-state index < -0.39 is 22.0 Å². The highest BCUT2D eigenvalue weighted by atomic mass is 32.2. The van der Waals surface area contributed by atoms with E-state index in [1.165, 1.54) is 6.07 Å². The Morgan fingerprint density at radius 1 is 1.43 bits per heavy atom. The van der Waals surface area contributed by atoms with Crippen molar-refractivity contribution >= 4 is 16.0 Å². The Kier molecular flexibility index (Phi) is 4.73. The summed E-state index contributed by atoms with van der Waals surface area (Å²) < 4.78 is 33.1. The number of sulfonamides is 1. The van der Waals surface area contributed by atoms with E-state index in [1.807, 2.05) is 20.8 Å². The molecule has 7 heteroatoms. The second kappa shape index (κ2) is 6.13. The zero-order valence-corrected chi connectivity index (χ0v) is 14.6. The summed E-state index contributed by atoms with van der Waals surface area (Å²) in [4.78, 5) is 11.4. The lowest BCUT2D eigenvalue weighted by molar-refractivity contribution is -0.140. The maximum Gasteiger partial charge on any atom is 0.322 e. The molecule has 0 saturated carbocycles. The first-order valence-corrected chi connectivity index (χ1v) is 9.11. The Bertz CT molecular complexity index is 711. The number of hydrogen-bond donors (Lipinski definition) is 2. The maximum atomic E-state index is 12.5. The Labute approximate surface area is 136 Å². The van der Waals surface area contributed by atoms with Gasteiger partial charge in [-0.3, -0.25) is 4.79 Å². The van der Waals surface area contributed by atoms with Crippen molar-refractivity contribution in [3.05, 3.63) is 23.8 Å². The summed E-state index contributed by atoms with van der Waals surface area (Å²) in [6.07, 6.45) is 1.17. The second-order valence-electron chi connectivity index (χ2n) is 6.63. The van der Waals surface area contributed by atoms with Gasteiger partial charge in [0, 0.05) is 6.42 Å². The molecule has 2 N–H and O–H groups in total. The van der Waals surface area contributed by atoms with Crippen LogP contribution in [0.5, 0.6) is 5.75 Å². The minimum absolute atomic E-state index is 0.0621. The minimum Gasteiger partial charge on any atom is -0.487 e. The van der Waals surface area contributed by atoms with E-state index in [9.17, 15) is 18.3 Å². The second-order valence-corrected chi connectivity index (χ2v) is 8.34. The summed E-state index contributed by atoms with van der Waals surface area (Å²) in [6.45, 7) is 7.40. The van der Waals surface area contributed by atoms with Crippen molar-refractivity contribution in [2.45, 2.75) is 57.1 Å². The quantitative estimate of drug-likeness (QED) is 0.827. The molecule has 128 valence electrons. The first-order valence-electron chi connectivity index (χ1n) is 7.63. The molecule has 1 aliphatic heterocycles. The predicted octanol–water partition coefficient (Wildman–Crippen LogP) is 2.18. The van der Waals surface area contributed by atoms with E-state index >= 15 is 0 Å². The smallest absolute Gasteiger partial charge is 0.322 e. The van der Waals surface area contributed by atoms with Crippen molar-refractivity contribution in [2.75, 3.05) is 0 Å². The van der Waals surface area contributed by atoms with E-state index in [1.54, 1.807) is 19.1 Å². The van der Waals surface area contributed by atoms with E-state index in [4.69, 9.17) is 4.74 Å². The number of hydrogen-bond acceptors (Lipinski definition) is 4. The van der Waals surface area contributed by atoms with Gasteiger partial charge in [0.15, 0.2) is 0 Å². The zero-order chi connectivity index (χ0) is 17.4. The van der Waals surface area contributed by atoms with Crippen LogP contribution in [0.25, 0.3) is 0 Å². The van der Waals surface area contributed by atoms with E-state index in [0.29, 0.717) is 18.6 Å². The average molecular weight is 341 g/mol. The van der Waals surface area contributed by atoms with Crippen molar-refractivity contribution in [1.82, 2.24) is 4.72 Å². The number of nitrogens with one attached hydrogen (secondary N) is 1. The number of carboxylic acid groups (broad SMARTS) is 1. The molecule has 6 nitrogen and oxygen atoms in total. The molecule has 0 bridgehead atoms. The van der Waals surface area contributed by atoms with Crippen LogP contribution in [-0.4, -0.2) is 31.1 Å². The molecule has 0 spiro atoms. The fourth-order valence-electron chi connectivity index (χ4n) is 2.63. The van der Waals surface area contributed by atoms with Gasteiger partial charge in [-0.05, 0) is 43.5 Å². The molecule has 0 unspecified atom stereocenters. The fourth-order valence-corrected chi connectivity index (χ4v) is 3.98. The molecule has 1 heterocycles. The molecule has 0 fully saturated rings. The molecule has 0 saturated heterocycles. The van der Waals surface area contributed by atoms with Crippen LogP contribution in [0.3, 0.4) is 0 Å². The number of carboxylic acids is 1. The van der Waals surface area contributed by atoms with Crippen molar-refractivity contribution in [2.24, 2.45) is 5.92 Å². The first-order chi connectivity index (χ1) is 10.6. The molecule has 1 aliphatic rings. The van der Waals surface area contributed by atoms with Gasteiger partial charge in [0.25, 0.3) is 0 Å². The molecule has 0 aliphatic carbocycles. The molecule has 1 aromatic carbocycles. The van der Waals surface area contributed by atoms with E-state index in [0.717, 1.165) is 5.56 Å². The molecule has 2 atom stereocenters. The lowest BCUT2D eigenvalue weighted by Crippen LogP contribution is -2.44. The monoisotopic (exact) mass is 341 g/mol. The first kappa shape index (κ1) is 17.7. The van der Waals surface area contributed by atoms with Gasteiger partial charge < -0.3 is 9.84 Å². The number of ether oxygens (including phenoxy) is 1. The largest absolute Gasteiger partial charge is 0.487 e. The molecule has 0 aromatic heterocycles. The number of benzene rings is 1. The molecule has 23 heavy (non-hydrogen) atoms. The topological polar surface area (TPSA) is 92.7 Å². The SMILES string of the molecule is CC[C@H](C)[C@H](NS(=O)(=O)c1ccc2c(c1)CC(C)(C)O2)C(=O)O. The zero-order valence-electron chi connectivity index (χ0n) is 13.8. The number of fused-ring (bicyclic) bond motifs is 1. The summed E-state index contributed by atoms with van der Waals surface area (Å²) in [7, 11) is -3.90. The number of aliphatic carboxylic acids is 1. The normalized spacial score (nSPS) is 18.8. The highest BCUT2D eigenvalue weighted by Gasteiger charge is 2.33. The van der Waals surface area contributed by atoms with Crippen molar-refractivity contribution in [3.8, 4) is 5.75 Å². The molecular weight excluding hydrogens is 318 g/mol. The number of rotatable bonds is 6. The van der Waals surface area contributed by atoms with Gasteiger partial charge in [0.2, 0.25) is 10.0 Å². The van der Waals surface area contributed by atoms with Crippen LogP contribution in [0.15, 0.2) is 23.1 Å². The average Bonchev–Trinajstić information content (AvgIpc) is 2.76. The number of carbonyl (C=O) groups is 1. The van der Waals surface area contributed by atoms with Crippen LogP contribution in [0.2, 0.25) is 0 Å². The van der Waals surface area contributed by atoms with Gasteiger partial charge in [-0.2, -0.15) is 4.72 Å². The third kappa shape index (κ3) is 3.84. The highest BCUT2D eigenvalue weighted by Crippen LogP contribution is 2.36. The Hall–Kier alpha value is -1.60. The Morgan fingerprint density at radius 2 is 2.09 bits per heavy atom. The Morgan fingerprint density at radius 3 is 2.65 bits per heavy atom. The lowest BCUT2D eigenvalue weighted by atomic mass is 10.0. The highest BCUT2D eigenvalue weighted by molar-refractivity contribution is 7.89. The van der Waals surface area contributed by atoms with Gasteiger partial charge in [-0.15, -0.1) is 0 Å². The Balaban J connectivity index is 2.29. The summed E-state index contributed by atoms with van der Waals surface area (Å²) in [5.41, 5.74) is 0.451. The van der Waals surface area contributed by atoms with Crippen LogP contribution >= 0.6 is 0 Å². The van der Waals surface area contributed by atoms with Crippen molar-refractivity contribution in [1.29, 1.82) is 0 Å². The van der Waals surface area contributed by atoms with Gasteiger partial charge >= 0.3 is 5.97 Å². The van der Waals surface area contributed by atoms with Crippen LogP contribution < -0.4 is 9.46 Å². The molecule has 2 rings (SSSR count). The van der Waals surface area contributed by atoms with Crippen LogP contribution in [0, 0.1) is 5.92 Å². The molecular formula is C16H23NO5S. The lowest BCUT2D eigenvalue weighted by Gasteiger charge is -2.20. The van der Waals surface area contributed by atoms with Gasteiger partial charge in [-0.25, -0.2) is 8.42 Å². The molecule has 0 amide bonds. The summed E-state index contributed by atoms with van der Waals surface area (Å²) >= 11 is 0. The summed E-state index contributed by atoms with van der Waals surface area (Å²) in [5.74, 6) is -0.807. The summed E-state index contributed by atoms with van der Waals surface area (Å²) in [6, 6.07) is 3.48. The van der Waals surface area contributed by atoms with Crippen molar-refractivity contribution in [3.63, 3.8) is 0 Å². The molecule has 1 aromatic rings. The van der Waals surface area contributed by atoms with Crippen molar-refractivity contribution < 1.29 is 23.1 Å².